The summed E-state index contributed by atoms with van der Waals surface area (Å²) in [6.45, 7) is 4.72. The molecule has 0 saturated carbocycles. The number of nitrogens with zero attached hydrogens (tertiary/aromatic N) is 2. The lowest BCUT2D eigenvalue weighted by atomic mass is 9.83. The van der Waals surface area contributed by atoms with Crippen molar-refractivity contribution in [1.29, 1.82) is 0 Å². The number of imidazole rings is 1. The Bertz CT molecular complexity index is 606. The number of benzene rings is 1. The number of aromatic nitrogens is 2. The predicted molar refractivity (Wildman–Crippen MR) is 76.8 cm³/mol. The van der Waals surface area contributed by atoms with Gasteiger partial charge in [0, 0.05) is 12.0 Å². The molecule has 0 saturated heterocycles. The van der Waals surface area contributed by atoms with Crippen molar-refractivity contribution >= 4 is 17.0 Å². The third-order valence-electron chi connectivity index (χ3n) is 4.21. The third-order valence-corrected chi connectivity index (χ3v) is 4.21. The van der Waals surface area contributed by atoms with E-state index in [2.05, 4.69) is 4.98 Å². The number of aliphatic hydroxyl groups is 1. The molecule has 0 unspecified atom stereocenters. The molecule has 1 aromatic heterocycles. The van der Waals surface area contributed by atoms with Crippen LogP contribution in [-0.4, -0.2) is 32.3 Å². The van der Waals surface area contributed by atoms with Gasteiger partial charge in [0.25, 0.3) is 0 Å². The maximum absolute atomic E-state index is 11.3. The summed E-state index contributed by atoms with van der Waals surface area (Å²) >= 11 is 0. The molecule has 2 aromatic rings. The first-order valence-electron chi connectivity index (χ1n) is 6.85. The normalized spacial score (nSPS) is 11.9. The Morgan fingerprint density at radius 1 is 1.35 bits per heavy atom. The number of carboxylic acids is 1. The molecule has 2 rings (SSSR count). The van der Waals surface area contributed by atoms with Gasteiger partial charge in [0.15, 0.2) is 0 Å². The van der Waals surface area contributed by atoms with Gasteiger partial charge < -0.3 is 14.8 Å². The Morgan fingerprint density at radius 2 is 2.05 bits per heavy atom. The maximum Gasteiger partial charge on any atom is 0.337 e. The monoisotopic (exact) mass is 276 g/mol. The van der Waals surface area contributed by atoms with E-state index >= 15 is 0 Å². The van der Waals surface area contributed by atoms with Gasteiger partial charge in [0.2, 0.25) is 0 Å². The molecule has 5 nitrogen and oxygen atoms in total. The van der Waals surface area contributed by atoms with Gasteiger partial charge in [-0.15, -0.1) is 0 Å². The number of aliphatic hydroxyl groups excluding tert-OH is 1. The summed E-state index contributed by atoms with van der Waals surface area (Å²) in [6, 6.07) is 5.08. The van der Waals surface area contributed by atoms with Crippen LogP contribution in [-0.2, 0) is 6.54 Å². The summed E-state index contributed by atoms with van der Waals surface area (Å²) in [5.74, 6) is -0.958. The SMILES string of the molecule is CCC(CC)(CO)Cn1cnc2cccc(C(=O)O)c21. The number of fused-ring (bicyclic) bond motifs is 1. The van der Waals surface area contributed by atoms with E-state index in [1.165, 1.54) is 0 Å². The van der Waals surface area contributed by atoms with Crippen molar-refractivity contribution < 1.29 is 15.0 Å². The van der Waals surface area contributed by atoms with Crippen LogP contribution in [0, 0.1) is 5.41 Å². The highest BCUT2D eigenvalue weighted by molar-refractivity contribution is 6.01. The summed E-state index contributed by atoms with van der Waals surface area (Å²) in [7, 11) is 0. The van der Waals surface area contributed by atoms with Crippen molar-refractivity contribution in [3.05, 3.63) is 30.1 Å². The van der Waals surface area contributed by atoms with Crippen molar-refractivity contribution in [3.63, 3.8) is 0 Å². The number of hydrogen-bond donors (Lipinski definition) is 2. The number of aromatic carboxylic acids is 1. The summed E-state index contributed by atoms with van der Waals surface area (Å²) in [6.07, 6.45) is 3.32. The number of carboxylic acid groups (broad SMARTS) is 1. The van der Waals surface area contributed by atoms with E-state index in [4.69, 9.17) is 0 Å². The fourth-order valence-electron chi connectivity index (χ4n) is 2.53. The molecule has 2 N–H and O–H groups in total. The van der Waals surface area contributed by atoms with E-state index in [9.17, 15) is 15.0 Å². The number of rotatable bonds is 6. The van der Waals surface area contributed by atoms with Crippen LogP contribution in [0.2, 0.25) is 0 Å². The average molecular weight is 276 g/mol. The van der Waals surface area contributed by atoms with Gasteiger partial charge in [-0.25, -0.2) is 9.78 Å². The standard InChI is InChI=1S/C15H20N2O3/c1-3-15(4-2,9-18)8-17-10-16-12-7-5-6-11(13(12)17)14(19)20/h5-7,10,18H,3-4,8-9H2,1-2H3,(H,19,20). The second-order valence-electron chi connectivity index (χ2n) is 5.22. The van der Waals surface area contributed by atoms with Crippen LogP contribution in [0.1, 0.15) is 37.0 Å². The molecule has 1 heterocycles. The van der Waals surface area contributed by atoms with Crippen LogP contribution >= 0.6 is 0 Å². The third kappa shape index (κ3) is 2.41. The highest BCUT2D eigenvalue weighted by Crippen LogP contribution is 2.30. The quantitative estimate of drug-likeness (QED) is 0.850. The molecule has 0 aliphatic heterocycles. The average Bonchev–Trinajstić information content (AvgIpc) is 2.87. The Kier molecular flexibility index (Phi) is 4.09. The van der Waals surface area contributed by atoms with Crippen LogP contribution in [0.3, 0.4) is 0 Å². The minimum atomic E-state index is -0.958. The first-order chi connectivity index (χ1) is 9.56. The van der Waals surface area contributed by atoms with E-state index < -0.39 is 5.97 Å². The van der Waals surface area contributed by atoms with Crippen molar-refractivity contribution in [3.8, 4) is 0 Å². The van der Waals surface area contributed by atoms with Gasteiger partial charge in [-0.2, -0.15) is 0 Å². The molecular weight excluding hydrogens is 256 g/mol. The second-order valence-corrected chi connectivity index (χ2v) is 5.22. The van der Waals surface area contributed by atoms with E-state index in [0.29, 0.717) is 17.6 Å². The molecule has 0 aliphatic rings. The first-order valence-corrected chi connectivity index (χ1v) is 6.85. The first kappa shape index (κ1) is 14.5. The topological polar surface area (TPSA) is 75.3 Å². The lowest BCUT2D eigenvalue weighted by Gasteiger charge is -2.30. The smallest absolute Gasteiger partial charge is 0.337 e. The molecule has 0 spiro atoms. The highest BCUT2D eigenvalue weighted by Gasteiger charge is 2.27. The Morgan fingerprint density at radius 3 is 2.60 bits per heavy atom. The largest absolute Gasteiger partial charge is 0.478 e. The number of carbonyl (C=O) groups is 1. The van der Waals surface area contributed by atoms with E-state index in [1.54, 1.807) is 24.5 Å². The molecule has 0 fully saturated rings. The fraction of sp³-hybridized carbons (Fsp3) is 0.467. The highest BCUT2D eigenvalue weighted by atomic mass is 16.4. The summed E-state index contributed by atoms with van der Waals surface area (Å²) in [5, 5.41) is 19.0. The van der Waals surface area contributed by atoms with Gasteiger partial charge >= 0.3 is 5.97 Å². The summed E-state index contributed by atoms with van der Waals surface area (Å²) in [4.78, 5) is 15.6. The second kappa shape index (κ2) is 5.63. The molecule has 0 bridgehead atoms. The van der Waals surface area contributed by atoms with Crippen LogP contribution in [0.15, 0.2) is 24.5 Å². The summed E-state index contributed by atoms with van der Waals surface area (Å²) < 4.78 is 1.85. The minimum Gasteiger partial charge on any atom is -0.478 e. The van der Waals surface area contributed by atoms with Crippen LogP contribution in [0.25, 0.3) is 11.0 Å². The molecule has 5 heteroatoms. The van der Waals surface area contributed by atoms with Gasteiger partial charge in [-0.3, -0.25) is 0 Å². The van der Waals surface area contributed by atoms with E-state index in [-0.39, 0.29) is 17.6 Å². The lowest BCUT2D eigenvalue weighted by Crippen LogP contribution is -2.29. The minimum absolute atomic E-state index is 0.0783. The maximum atomic E-state index is 11.3. The van der Waals surface area contributed by atoms with Crippen LogP contribution < -0.4 is 0 Å². The molecule has 1 aromatic carbocycles. The zero-order valence-corrected chi connectivity index (χ0v) is 11.8. The van der Waals surface area contributed by atoms with Crippen molar-refractivity contribution in [2.75, 3.05) is 6.61 Å². The fourth-order valence-corrected chi connectivity index (χ4v) is 2.53. The van der Waals surface area contributed by atoms with E-state index in [1.807, 2.05) is 18.4 Å². The van der Waals surface area contributed by atoms with Crippen molar-refractivity contribution in [2.24, 2.45) is 5.41 Å². The van der Waals surface area contributed by atoms with Crippen LogP contribution in [0.4, 0.5) is 0 Å². The molecule has 20 heavy (non-hydrogen) atoms. The van der Waals surface area contributed by atoms with Crippen LogP contribution in [0.5, 0.6) is 0 Å². The lowest BCUT2D eigenvalue weighted by molar-refractivity contribution is 0.0697. The molecule has 0 atom stereocenters. The van der Waals surface area contributed by atoms with Gasteiger partial charge in [0.1, 0.15) is 0 Å². The van der Waals surface area contributed by atoms with Gasteiger partial charge in [-0.1, -0.05) is 19.9 Å². The Labute approximate surface area is 117 Å². The Balaban J connectivity index is 2.53. The summed E-state index contributed by atoms with van der Waals surface area (Å²) in [5.41, 5.74) is 1.31. The number of hydrogen-bond acceptors (Lipinski definition) is 3. The van der Waals surface area contributed by atoms with Gasteiger partial charge in [0.05, 0.1) is 29.5 Å². The van der Waals surface area contributed by atoms with E-state index in [0.717, 1.165) is 12.8 Å². The van der Waals surface area contributed by atoms with Crippen molar-refractivity contribution in [2.45, 2.75) is 33.2 Å². The number of para-hydroxylation sites is 1. The molecule has 0 amide bonds. The van der Waals surface area contributed by atoms with Gasteiger partial charge in [-0.05, 0) is 25.0 Å². The molecular formula is C15H20N2O3. The molecule has 0 radical (unpaired) electrons. The zero-order valence-electron chi connectivity index (χ0n) is 11.8. The predicted octanol–water partition coefficient (Wildman–Crippen LogP) is 2.53. The molecule has 108 valence electrons. The van der Waals surface area contributed by atoms with Crippen molar-refractivity contribution in [1.82, 2.24) is 9.55 Å². The zero-order chi connectivity index (χ0) is 14.8. The molecule has 0 aliphatic carbocycles. The Hall–Kier alpha value is -1.88.